The maximum Gasteiger partial charge on any atom is 0.309 e. The van der Waals surface area contributed by atoms with Gasteiger partial charge in [0.2, 0.25) is 0 Å². The first-order chi connectivity index (χ1) is 8.15. The van der Waals surface area contributed by atoms with Crippen molar-refractivity contribution in [3.63, 3.8) is 0 Å². The first-order valence-corrected chi connectivity index (χ1v) is 6.40. The van der Waals surface area contributed by atoms with Gasteiger partial charge in [0, 0.05) is 30.6 Å². The van der Waals surface area contributed by atoms with Gasteiger partial charge >= 0.3 is 5.97 Å². The zero-order chi connectivity index (χ0) is 12.0. The van der Waals surface area contributed by atoms with E-state index in [4.69, 9.17) is 5.11 Å². The molecule has 0 saturated carbocycles. The van der Waals surface area contributed by atoms with Crippen LogP contribution in [-0.2, 0) is 24.2 Å². The molecular weight excluding hydrogens is 238 g/mol. The number of aliphatic carboxylic acids is 1. The van der Waals surface area contributed by atoms with Gasteiger partial charge in [0.25, 0.3) is 0 Å². The summed E-state index contributed by atoms with van der Waals surface area (Å²) < 4.78 is 2.02. The Morgan fingerprint density at radius 3 is 3.24 bits per heavy atom. The van der Waals surface area contributed by atoms with Crippen molar-refractivity contribution in [2.24, 2.45) is 0 Å². The third-order valence-electron chi connectivity index (χ3n) is 3.09. The standard InChI is InChI=1S/C11H13N3O2S/c1-13-3-2-8-9(5-13)14-7(4-10(15)16)6-17-11(14)12-8/h6H,2-5H2,1H3,(H,15,16). The molecule has 3 rings (SSSR count). The van der Waals surface area contributed by atoms with Gasteiger partial charge in [-0.3, -0.25) is 9.20 Å². The first kappa shape index (κ1) is 10.7. The van der Waals surface area contributed by atoms with Gasteiger partial charge in [-0.15, -0.1) is 11.3 Å². The highest BCUT2D eigenvalue weighted by atomic mass is 32.1. The molecule has 0 atom stereocenters. The van der Waals surface area contributed by atoms with E-state index in [-0.39, 0.29) is 6.42 Å². The number of likely N-dealkylation sites (N-methyl/N-ethyl adjacent to an activating group) is 1. The highest BCUT2D eigenvalue weighted by Gasteiger charge is 2.22. The van der Waals surface area contributed by atoms with E-state index in [2.05, 4.69) is 16.9 Å². The number of carbonyl (C=O) groups is 1. The molecule has 90 valence electrons. The molecule has 0 aromatic carbocycles. The number of aromatic nitrogens is 2. The van der Waals surface area contributed by atoms with Crippen LogP contribution in [0.5, 0.6) is 0 Å². The summed E-state index contributed by atoms with van der Waals surface area (Å²) in [5.74, 6) is -0.795. The van der Waals surface area contributed by atoms with E-state index >= 15 is 0 Å². The second-order valence-electron chi connectivity index (χ2n) is 4.41. The minimum Gasteiger partial charge on any atom is -0.481 e. The van der Waals surface area contributed by atoms with Gasteiger partial charge in [-0.25, -0.2) is 4.98 Å². The van der Waals surface area contributed by atoms with Gasteiger partial charge in [-0.2, -0.15) is 0 Å². The quantitative estimate of drug-likeness (QED) is 0.865. The van der Waals surface area contributed by atoms with Crippen LogP contribution in [0.25, 0.3) is 4.96 Å². The second kappa shape index (κ2) is 3.82. The molecule has 1 aliphatic heterocycles. The number of fused-ring (bicyclic) bond motifs is 3. The maximum absolute atomic E-state index is 10.8. The van der Waals surface area contributed by atoms with Crippen LogP contribution in [-0.4, -0.2) is 39.0 Å². The molecule has 2 aromatic rings. The molecule has 17 heavy (non-hydrogen) atoms. The van der Waals surface area contributed by atoms with E-state index in [9.17, 15) is 4.79 Å². The molecule has 2 aromatic heterocycles. The Hall–Kier alpha value is -1.40. The molecule has 0 amide bonds. The molecule has 6 heteroatoms. The highest BCUT2D eigenvalue weighted by Crippen LogP contribution is 2.25. The number of imidazole rings is 1. The highest BCUT2D eigenvalue weighted by molar-refractivity contribution is 7.15. The van der Waals surface area contributed by atoms with Crippen molar-refractivity contribution in [3.8, 4) is 0 Å². The fraction of sp³-hybridized carbons (Fsp3) is 0.455. The summed E-state index contributed by atoms with van der Waals surface area (Å²) in [4.78, 5) is 18.6. The van der Waals surface area contributed by atoms with Crippen LogP contribution in [0, 0.1) is 0 Å². The van der Waals surface area contributed by atoms with Crippen molar-refractivity contribution in [1.82, 2.24) is 14.3 Å². The fourth-order valence-corrected chi connectivity index (χ4v) is 3.22. The summed E-state index contributed by atoms with van der Waals surface area (Å²) in [6, 6.07) is 0. The Labute approximate surface area is 102 Å². The van der Waals surface area contributed by atoms with Crippen molar-refractivity contribution >= 4 is 22.3 Å². The zero-order valence-corrected chi connectivity index (χ0v) is 10.3. The van der Waals surface area contributed by atoms with Gasteiger partial charge in [0.15, 0.2) is 4.96 Å². The van der Waals surface area contributed by atoms with Crippen LogP contribution in [0.4, 0.5) is 0 Å². The molecular formula is C11H13N3O2S. The lowest BCUT2D eigenvalue weighted by Crippen LogP contribution is -2.27. The second-order valence-corrected chi connectivity index (χ2v) is 5.25. The molecule has 1 N–H and O–H groups in total. The minimum absolute atomic E-state index is 0.0620. The Balaban J connectivity index is 2.13. The number of thiazole rings is 1. The number of nitrogens with zero attached hydrogens (tertiary/aromatic N) is 3. The molecule has 0 aliphatic carbocycles. The summed E-state index contributed by atoms with van der Waals surface area (Å²) >= 11 is 1.52. The predicted molar refractivity (Wildman–Crippen MR) is 64.4 cm³/mol. The Kier molecular flexibility index (Phi) is 2.41. The normalized spacial score (nSPS) is 16.3. The lowest BCUT2D eigenvalue weighted by molar-refractivity contribution is -0.136. The van der Waals surface area contributed by atoms with Crippen LogP contribution in [0.3, 0.4) is 0 Å². The largest absolute Gasteiger partial charge is 0.481 e. The molecule has 0 bridgehead atoms. The topological polar surface area (TPSA) is 57.8 Å². The van der Waals surface area contributed by atoms with Gasteiger partial charge in [-0.1, -0.05) is 0 Å². The fourth-order valence-electron chi connectivity index (χ4n) is 2.29. The number of hydrogen-bond donors (Lipinski definition) is 1. The van der Waals surface area contributed by atoms with Gasteiger partial charge in [0.1, 0.15) is 0 Å². The Bertz CT molecular complexity index is 587. The summed E-state index contributed by atoms with van der Waals surface area (Å²) in [6.07, 6.45) is 1.01. The van der Waals surface area contributed by atoms with Crippen molar-refractivity contribution in [1.29, 1.82) is 0 Å². The lowest BCUT2D eigenvalue weighted by Gasteiger charge is -2.21. The summed E-state index contributed by atoms with van der Waals surface area (Å²) in [7, 11) is 2.07. The van der Waals surface area contributed by atoms with E-state index in [1.54, 1.807) is 0 Å². The van der Waals surface area contributed by atoms with Gasteiger partial charge in [0.05, 0.1) is 17.8 Å². The zero-order valence-electron chi connectivity index (χ0n) is 9.51. The number of carboxylic acid groups (broad SMARTS) is 1. The average Bonchev–Trinajstić information content (AvgIpc) is 2.78. The Morgan fingerprint density at radius 2 is 2.47 bits per heavy atom. The van der Waals surface area contributed by atoms with Crippen molar-refractivity contribution < 1.29 is 9.90 Å². The number of rotatable bonds is 2. The van der Waals surface area contributed by atoms with E-state index in [0.29, 0.717) is 0 Å². The minimum atomic E-state index is -0.795. The van der Waals surface area contributed by atoms with Crippen molar-refractivity contribution in [2.75, 3.05) is 13.6 Å². The third-order valence-corrected chi connectivity index (χ3v) is 3.97. The van der Waals surface area contributed by atoms with Crippen LogP contribution < -0.4 is 0 Å². The molecule has 0 spiro atoms. The number of carboxylic acids is 1. The summed E-state index contributed by atoms with van der Waals surface area (Å²) in [5.41, 5.74) is 3.12. The maximum atomic E-state index is 10.8. The van der Waals surface area contributed by atoms with Crippen LogP contribution in [0.1, 0.15) is 17.1 Å². The lowest BCUT2D eigenvalue weighted by atomic mass is 10.1. The van der Waals surface area contributed by atoms with E-state index in [1.165, 1.54) is 11.3 Å². The molecule has 1 aliphatic rings. The van der Waals surface area contributed by atoms with Crippen molar-refractivity contribution in [3.05, 3.63) is 22.5 Å². The monoisotopic (exact) mass is 251 g/mol. The molecule has 0 unspecified atom stereocenters. The van der Waals surface area contributed by atoms with E-state index in [1.807, 2.05) is 9.78 Å². The average molecular weight is 251 g/mol. The SMILES string of the molecule is CN1CCc2nc3scc(CC(=O)O)n3c2C1. The Morgan fingerprint density at radius 1 is 1.65 bits per heavy atom. The predicted octanol–water partition coefficient (Wildman–Crippen LogP) is 1.01. The van der Waals surface area contributed by atoms with E-state index < -0.39 is 5.97 Å². The first-order valence-electron chi connectivity index (χ1n) is 5.52. The van der Waals surface area contributed by atoms with Gasteiger partial charge in [-0.05, 0) is 7.05 Å². The molecule has 0 saturated heterocycles. The smallest absolute Gasteiger partial charge is 0.309 e. The van der Waals surface area contributed by atoms with Crippen LogP contribution >= 0.6 is 11.3 Å². The van der Waals surface area contributed by atoms with Crippen molar-refractivity contribution in [2.45, 2.75) is 19.4 Å². The van der Waals surface area contributed by atoms with E-state index in [0.717, 1.165) is 41.6 Å². The van der Waals surface area contributed by atoms with Crippen LogP contribution in [0.15, 0.2) is 5.38 Å². The van der Waals surface area contributed by atoms with Gasteiger partial charge < -0.3 is 10.0 Å². The third kappa shape index (κ3) is 1.73. The molecule has 0 fully saturated rings. The molecule has 0 radical (unpaired) electrons. The number of hydrogen-bond acceptors (Lipinski definition) is 4. The van der Waals surface area contributed by atoms with Crippen LogP contribution in [0.2, 0.25) is 0 Å². The summed E-state index contributed by atoms with van der Waals surface area (Å²) in [5, 5.41) is 10.8. The molecule has 5 nitrogen and oxygen atoms in total. The molecule has 3 heterocycles. The summed E-state index contributed by atoms with van der Waals surface area (Å²) in [6.45, 7) is 1.87.